The number of benzene rings is 1. The van der Waals surface area contributed by atoms with E-state index >= 15 is 0 Å². The highest BCUT2D eigenvalue weighted by Gasteiger charge is 2.14. The van der Waals surface area contributed by atoms with Gasteiger partial charge in [-0.1, -0.05) is 32.9 Å². The highest BCUT2D eigenvalue weighted by atomic mass is 16.5. The molecule has 0 aliphatic carbocycles. The minimum Gasteiger partial charge on any atom is -0.490 e. The maximum atomic E-state index is 6.19. The zero-order valence-electron chi connectivity index (χ0n) is 13.1. The summed E-state index contributed by atoms with van der Waals surface area (Å²) in [6.07, 6.45) is 3.58. The summed E-state index contributed by atoms with van der Waals surface area (Å²) in [6.45, 7) is 11.9. The van der Waals surface area contributed by atoms with Crippen LogP contribution in [-0.4, -0.2) is 12.6 Å². The third kappa shape index (κ3) is 4.87. The van der Waals surface area contributed by atoms with Crippen molar-refractivity contribution in [2.45, 2.75) is 66.0 Å². The SMILES string of the molecule is CCCNC(C)c1ccc(C)cc1OC(CC)CC. The molecule has 1 N–H and O–H groups in total. The highest BCUT2D eigenvalue weighted by molar-refractivity contribution is 5.39. The van der Waals surface area contributed by atoms with Gasteiger partial charge >= 0.3 is 0 Å². The molecule has 0 saturated carbocycles. The van der Waals surface area contributed by atoms with Crippen LogP contribution in [0.3, 0.4) is 0 Å². The second-order valence-corrected chi connectivity index (χ2v) is 5.27. The molecule has 0 spiro atoms. The number of hydrogen-bond acceptors (Lipinski definition) is 2. The van der Waals surface area contributed by atoms with Gasteiger partial charge in [-0.25, -0.2) is 0 Å². The second kappa shape index (κ2) is 8.21. The molecular weight excluding hydrogens is 234 g/mol. The van der Waals surface area contributed by atoms with Crippen LogP contribution in [0, 0.1) is 6.92 Å². The van der Waals surface area contributed by atoms with E-state index in [4.69, 9.17) is 4.74 Å². The Morgan fingerprint density at radius 3 is 2.42 bits per heavy atom. The van der Waals surface area contributed by atoms with Gasteiger partial charge in [-0.05, 0) is 51.3 Å². The molecule has 1 aromatic rings. The van der Waals surface area contributed by atoms with Crippen molar-refractivity contribution < 1.29 is 4.74 Å². The summed E-state index contributed by atoms with van der Waals surface area (Å²) in [7, 11) is 0. The topological polar surface area (TPSA) is 21.3 Å². The molecule has 0 saturated heterocycles. The fourth-order valence-electron chi connectivity index (χ4n) is 2.21. The van der Waals surface area contributed by atoms with Crippen LogP contribution < -0.4 is 10.1 Å². The van der Waals surface area contributed by atoms with Gasteiger partial charge in [0.05, 0.1) is 6.10 Å². The Morgan fingerprint density at radius 2 is 1.84 bits per heavy atom. The first kappa shape index (κ1) is 16.0. The average Bonchev–Trinajstić information content (AvgIpc) is 2.42. The molecule has 1 aromatic carbocycles. The fraction of sp³-hybridized carbons (Fsp3) is 0.647. The molecule has 0 bridgehead atoms. The van der Waals surface area contributed by atoms with E-state index in [1.54, 1.807) is 0 Å². The molecule has 108 valence electrons. The van der Waals surface area contributed by atoms with Crippen molar-refractivity contribution in [3.8, 4) is 5.75 Å². The van der Waals surface area contributed by atoms with Crippen LogP contribution >= 0.6 is 0 Å². The molecule has 2 nitrogen and oxygen atoms in total. The van der Waals surface area contributed by atoms with Crippen molar-refractivity contribution >= 4 is 0 Å². The lowest BCUT2D eigenvalue weighted by molar-refractivity contribution is 0.189. The summed E-state index contributed by atoms with van der Waals surface area (Å²) in [4.78, 5) is 0. The summed E-state index contributed by atoms with van der Waals surface area (Å²) in [6, 6.07) is 6.86. The third-order valence-corrected chi connectivity index (χ3v) is 3.54. The summed E-state index contributed by atoms with van der Waals surface area (Å²) in [5, 5.41) is 3.54. The Hall–Kier alpha value is -1.02. The van der Waals surface area contributed by atoms with Crippen LogP contribution in [0.4, 0.5) is 0 Å². The predicted molar refractivity (Wildman–Crippen MR) is 82.9 cm³/mol. The summed E-state index contributed by atoms with van der Waals surface area (Å²) >= 11 is 0. The van der Waals surface area contributed by atoms with Crippen LogP contribution in [0.2, 0.25) is 0 Å². The Bertz CT molecular complexity index is 372. The van der Waals surface area contributed by atoms with E-state index in [9.17, 15) is 0 Å². The smallest absolute Gasteiger partial charge is 0.124 e. The van der Waals surface area contributed by atoms with E-state index in [0.29, 0.717) is 12.1 Å². The minimum absolute atomic E-state index is 0.318. The second-order valence-electron chi connectivity index (χ2n) is 5.27. The Kier molecular flexibility index (Phi) is 6.93. The third-order valence-electron chi connectivity index (χ3n) is 3.54. The molecule has 0 aliphatic heterocycles. The van der Waals surface area contributed by atoms with Gasteiger partial charge < -0.3 is 10.1 Å². The van der Waals surface area contributed by atoms with Crippen LogP contribution in [0.1, 0.15) is 64.1 Å². The van der Waals surface area contributed by atoms with Crippen molar-refractivity contribution in [1.29, 1.82) is 0 Å². The first-order chi connectivity index (χ1) is 9.12. The van der Waals surface area contributed by atoms with E-state index in [1.165, 1.54) is 11.1 Å². The van der Waals surface area contributed by atoms with Gasteiger partial charge in [0.15, 0.2) is 0 Å². The van der Waals surface area contributed by atoms with Gasteiger partial charge in [0.1, 0.15) is 5.75 Å². The van der Waals surface area contributed by atoms with Gasteiger partial charge in [0.2, 0.25) is 0 Å². The lowest BCUT2D eigenvalue weighted by Gasteiger charge is -2.22. The average molecular weight is 263 g/mol. The van der Waals surface area contributed by atoms with Crippen LogP contribution in [-0.2, 0) is 0 Å². The normalized spacial score (nSPS) is 12.7. The van der Waals surface area contributed by atoms with Crippen LogP contribution in [0.5, 0.6) is 5.75 Å². The maximum Gasteiger partial charge on any atom is 0.124 e. The maximum absolute atomic E-state index is 6.19. The largest absolute Gasteiger partial charge is 0.490 e. The Balaban J connectivity index is 2.90. The number of rotatable bonds is 8. The van der Waals surface area contributed by atoms with Crippen molar-refractivity contribution in [3.63, 3.8) is 0 Å². The molecule has 19 heavy (non-hydrogen) atoms. The Morgan fingerprint density at radius 1 is 1.16 bits per heavy atom. The quantitative estimate of drug-likeness (QED) is 0.738. The van der Waals surface area contributed by atoms with E-state index < -0.39 is 0 Å². The van der Waals surface area contributed by atoms with E-state index in [1.807, 2.05) is 0 Å². The number of aryl methyl sites for hydroxylation is 1. The summed E-state index contributed by atoms with van der Waals surface area (Å²) in [5.74, 6) is 1.05. The monoisotopic (exact) mass is 263 g/mol. The lowest BCUT2D eigenvalue weighted by Crippen LogP contribution is -2.21. The number of ether oxygens (including phenoxy) is 1. The zero-order chi connectivity index (χ0) is 14.3. The number of nitrogens with one attached hydrogen (secondary N) is 1. The van der Waals surface area contributed by atoms with E-state index in [0.717, 1.165) is 31.6 Å². The predicted octanol–water partition coefficient (Wildman–Crippen LogP) is 4.62. The lowest BCUT2D eigenvalue weighted by atomic mass is 10.0. The summed E-state index contributed by atoms with van der Waals surface area (Å²) < 4.78 is 6.19. The van der Waals surface area contributed by atoms with Gasteiger partial charge in [-0.3, -0.25) is 0 Å². The van der Waals surface area contributed by atoms with Crippen molar-refractivity contribution in [1.82, 2.24) is 5.32 Å². The standard InChI is InChI=1S/C17H29NO/c1-6-11-18-14(5)16-10-9-13(4)12-17(16)19-15(7-2)8-3/h9-10,12,14-15,18H,6-8,11H2,1-5H3. The molecule has 1 unspecified atom stereocenters. The first-order valence-corrected chi connectivity index (χ1v) is 7.62. The molecule has 0 aromatic heterocycles. The van der Waals surface area contributed by atoms with Crippen molar-refractivity contribution in [3.05, 3.63) is 29.3 Å². The number of hydrogen-bond donors (Lipinski definition) is 1. The molecule has 0 fully saturated rings. The molecule has 1 rings (SSSR count). The molecular formula is C17H29NO. The first-order valence-electron chi connectivity index (χ1n) is 7.62. The summed E-state index contributed by atoms with van der Waals surface area (Å²) in [5.41, 5.74) is 2.53. The molecule has 0 radical (unpaired) electrons. The van der Waals surface area contributed by atoms with Gasteiger partial charge in [-0.2, -0.15) is 0 Å². The highest BCUT2D eigenvalue weighted by Crippen LogP contribution is 2.28. The van der Waals surface area contributed by atoms with Gasteiger partial charge in [0.25, 0.3) is 0 Å². The van der Waals surface area contributed by atoms with Crippen LogP contribution in [0.25, 0.3) is 0 Å². The zero-order valence-corrected chi connectivity index (χ0v) is 13.1. The molecule has 0 heterocycles. The van der Waals surface area contributed by atoms with E-state index in [-0.39, 0.29) is 0 Å². The Labute approximate surface area is 118 Å². The van der Waals surface area contributed by atoms with Gasteiger partial charge in [0, 0.05) is 11.6 Å². The molecule has 2 heteroatoms. The van der Waals surface area contributed by atoms with Crippen molar-refractivity contribution in [2.24, 2.45) is 0 Å². The molecule has 0 amide bonds. The van der Waals surface area contributed by atoms with E-state index in [2.05, 4.69) is 58.1 Å². The van der Waals surface area contributed by atoms with Crippen LogP contribution in [0.15, 0.2) is 18.2 Å². The molecule has 0 aliphatic rings. The van der Waals surface area contributed by atoms with Gasteiger partial charge in [-0.15, -0.1) is 0 Å². The van der Waals surface area contributed by atoms with Crippen molar-refractivity contribution in [2.75, 3.05) is 6.54 Å². The molecule has 1 atom stereocenters. The fourth-order valence-corrected chi connectivity index (χ4v) is 2.21. The minimum atomic E-state index is 0.318.